The molecule has 214 valence electrons. The molecule has 9 atom stereocenters. The molecular weight excluding hydrogens is 488 g/mol. The van der Waals surface area contributed by atoms with Gasteiger partial charge in [-0.3, -0.25) is 4.18 Å². The molecule has 38 heavy (non-hydrogen) atoms. The average Bonchev–Trinajstić information content (AvgIpc) is 3.21. The van der Waals surface area contributed by atoms with E-state index >= 15 is 0 Å². The molecular formula is C34H54O3S. The monoisotopic (exact) mass is 542 g/mol. The van der Waals surface area contributed by atoms with Gasteiger partial charge < -0.3 is 0 Å². The average molecular weight is 543 g/mol. The van der Waals surface area contributed by atoms with Crippen LogP contribution in [0, 0.1) is 59.2 Å². The molecule has 3 nitrogen and oxygen atoms in total. The maximum absolute atomic E-state index is 13.0. The van der Waals surface area contributed by atoms with Gasteiger partial charge in [-0.05, 0) is 129 Å². The third-order valence-corrected chi connectivity index (χ3v) is 13.8. The minimum atomic E-state index is -3.70. The van der Waals surface area contributed by atoms with E-state index in [0.717, 1.165) is 60.3 Å². The van der Waals surface area contributed by atoms with E-state index in [-0.39, 0.29) is 6.10 Å². The van der Waals surface area contributed by atoms with Gasteiger partial charge in [0.05, 0.1) is 11.0 Å². The molecule has 1 unspecified atom stereocenters. The fraction of sp³-hybridized carbons (Fsp3) is 0.824. The smallest absolute Gasteiger partial charge is 0.263 e. The van der Waals surface area contributed by atoms with Crippen molar-refractivity contribution in [1.82, 2.24) is 0 Å². The largest absolute Gasteiger partial charge is 0.297 e. The minimum Gasteiger partial charge on any atom is -0.263 e. The van der Waals surface area contributed by atoms with Crippen LogP contribution in [0.2, 0.25) is 0 Å². The Morgan fingerprint density at radius 2 is 1.55 bits per heavy atom. The highest BCUT2D eigenvalue weighted by Gasteiger charge is 2.60. The normalized spacial score (nSPS) is 39.9. The van der Waals surface area contributed by atoms with Crippen LogP contribution in [0.4, 0.5) is 0 Å². The van der Waals surface area contributed by atoms with Crippen LogP contribution >= 0.6 is 0 Å². The summed E-state index contributed by atoms with van der Waals surface area (Å²) in [5, 5.41) is 0. The zero-order valence-corrected chi connectivity index (χ0v) is 25.9. The third kappa shape index (κ3) is 5.27. The zero-order chi connectivity index (χ0) is 27.3. The molecule has 0 aliphatic heterocycles. The Labute approximate surface area is 234 Å². The van der Waals surface area contributed by atoms with Gasteiger partial charge in [-0.25, -0.2) is 0 Å². The Bertz CT molecular complexity index is 1060. The Morgan fingerprint density at radius 1 is 0.868 bits per heavy atom. The van der Waals surface area contributed by atoms with Gasteiger partial charge in [0.25, 0.3) is 10.1 Å². The third-order valence-electron chi connectivity index (χ3n) is 12.4. The molecule has 4 fully saturated rings. The molecule has 4 heteroatoms. The lowest BCUT2D eigenvalue weighted by molar-refractivity contribution is -0.126. The summed E-state index contributed by atoms with van der Waals surface area (Å²) in [5.41, 5.74) is 1.94. The number of hydrogen-bond donors (Lipinski definition) is 0. The molecule has 0 spiro atoms. The molecule has 4 aliphatic rings. The predicted molar refractivity (Wildman–Crippen MR) is 156 cm³/mol. The van der Waals surface area contributed by atoms with E-state index in [1.54, 1.807) is 12.1 Å². The Balaban J connectivity index is 1.24. The van der Waals surface area contributed by atoms with E-state index < -0.39 is 10.1 Å². The fourth-order valence-corrected chi connectivity index (χ4v) is 11.4. The van der Waals surface area contributed by atoms with Crippen LogP contribution in [0.25, 0.3) is 0 Å². The van der Waals surface area contributed by atoms with Gasteiger partial charge in [0.2, 0.25) is 0 Å². The summed E-state index contributed by atoms with van der Waals surface area (Å²) in [6.07, 6.45) is 15.2. The molecule has 4 aliphatic carbocycles. The van der Waals surface area contributed by atoms with E-state index in [4.69, 9.17) is 4.18 Å². The first-order chi connectivity index (χ1) is 17.9. The van der Waals surface area contributed by atoms with E-state index in [2.05, 4.69) is 34.6 Å². The summed E-state index contributed by atoms with van der Waals surface area (Å²) in [7, 11) is -3.70. The van der Waals surface area contributed by atoms with Gasteiger partial charge in [-0.15, -0.1) is 0 Å². The van der Waals surface area contributed by atoms with Crippen LogP contribution in [-0.4, -0.2) is 14.5 Å². The predicted octanol–water partition coefficient (Wildman–Crippen LogP) is 9.19. The van der Waals surface area contributed by atoms with Crippen LogP contribution in [0.15, 0.2) is 29.2 Å². The van der Waals surface area contributed by atoms with E-state index in [1.807, 2.05) is 19.1 Å². The Hall–Kier alpha value is -0.870. The highest BCUT2D eigenvalue weighted by atomic mass is 32.2. The lowest BCUT2D eigenvalue weighted by Crippen LogP contribution is -2.54. The van der Waals surface area contributed by atoms with Crippen molar-refractivity contribution in [2.75, 3.05) is 0 Å². The highest BCUT2D eigenvalue weighted by Crippen LogP contribution is 2.68. The molecule has 4 saturated carbocycles. The van der Waals surface area contributed by atoms with Crippen molar-refractivity contribution in [3.63, 3.8) is 0 Å². The second-order valence-corrected chi connectivity index (χ2v) is 16.5. The van der Waals surface area contributed by atoms with E-state index in [1.165, 1.54) is 57.8 Å². The molecule has 0 bridgehead atoms. The quantitative estimate of drug-likeness (QED) is 0.308. The Morgan fingerprint density at radius 3 is 2.26 bits per heavy atom. The fourth-order valence-electron chi connectivity index (χ4n) is 10.3. The van der Waals surface area contributed by atoms with Crippen molar-refractivity contribution in [1.29, 1.82) is 0 Å². The van der Waals surface area contributed by atoms with Crippen molar-refractivity contribution < 1.29 is 12.6 Å². The molecule has 0 saturated heterocycles. The van der Waals surface area contributed by atoms with Crippen LogP contribution < -0.4 is 0 Å². The summed E-state index contributed by atoms with van der Waals surface area (Å²) < 4.78 is 31.9. The van der Waals surface area contributed by atoms with E-state index in [0.29, 0.717) is 21.6 Å². The highest BCUT2D eigenvalue weighted by molar-refractivity contribution is 7.86. The van der Waals surface area contributed by atoms with Crippen molar-refractivity contribution in [2.24, 2.45) is 52.3 Å². The molecule has 5 rings (SSSR count). The minimum absolute atomic E-state index is 0.174. The van der Waals surface area contributed by atoms with Gasteiger partial charge in [0.1, 0.15) is 0 Å². The van der Waals surface area contributed by atoms with Crippen LogP contribution in [0.1, 0.15) is 117 Å². The Kier molecular flexibility index (Phi) is 8.17. The molecule has 0 radical (unpaired) electrons. The number of hydrogen-bond acceptors (Lipinski definition) is 3. The summed E-state index contributed by atoms with van der Waals surface area (Å²) in [6.45, 7) is 14.5. The van der Waals surface area contributed by atoms with Crippen molar-refractivity contribution in [2.45, 2.75) is 130 Å². The lowest BCUT2D eigenvalue weighted by Gasteiger charge is -2.61. The standard InChI is InChI=1S/C34H54O3S/c1-23(2)8-7-9-25(4)30-16-17-31-29-15-12-26-22-27(37-38(35,36)28-13-10-24(3)11-14-28)18-20-33(26,5)32(29)19-21-34(30,31)6/h10-11,13-14,23,25-27,29-32H,7-9,12,15-22H2,1-6H3/t25-,26?,27-,29+,30-,31+,32+,33+,34-/m1/s1. The second kappa shape index (κ2) is 10.8. The van der Waals surface area contributed by atoms with Crippen molar-refractivity contribution >= 4 is 10.1 Å². The SMILES string of the molecule is Cc1ccc(S(=O)(=O)O[C@@H]2CC[C@@]3(C)C(CC[C@H]4[C@@H]5CC[C@H]([C@H](C)CCCC(C)C)[C@@]5(C)CC[C@@H]43)C2)cc1. The second-order valence-electron chi connectivity index (χ2n) is 14.9. The van der Waals surface area contributed by atoms with Gasteiger partial charge >= 0.3 is 0 Å². The van der Waals surface area contributed by atoms with Gasteiger partial charge in [0.15, 0.2) is 0 Å². The first-order valence-corrected chi connectivity index (χ1v) is 17.3. The zero-order valence-electron chi connectivity index (χ0n) is 25.0. The number of fused-ring (bicyclic) bond motifs is 5. The van der Waals surface area contributed by atoms with Gasteiger partial charge in [-0.2, -0.15) is 8.42 Å². The number of aryl methyl sites for hydroxylation is 1. The van der Waals surface area contributed by atoms with Crippen molar-refractivity contribution in [3.05, 3.63) is 29.8 Å². The molecule has 0 N–H and O–H groups in total. The maximum atomic E-state index is 13.0. The first-order valence-electron chi connectivity index (χ1n) is 15.9. The lowest BCUT2D eigenvalue weighted by atomic mass is 9.44. The van der Waals surface area contributed by atoms with Crippen LogP contribution in [0.3, 0.4) is 0 Å². The van der Waals surface area contributed by atoms with Gasteiger partial charge in [0, 0.05) is 0 Å². The summed E-state index contributed by atoms with van der Waals surface area (Å²) in [4.78, 5) is 0.293. The number of rotatable bonds is 8. The topological polar surface area (TPSA) is 43.4 Å². The van der Waals surface area contributed by atoms with Crippen LogP contribution in [-0.2, 0) is 14.3 Å². The molecule has 0 amide bonds. The van der Waals surface area contributed by atoms with Gasteiger partial charge in [-0.1, -0.05) is 71.6 Å². The number of benzene rings is 1. The summed E-state index contributed by atoms with van der Waals surface area (Å²) in [5.74, 6) is 5.75. The molecule has 0 heterocycles. The summed E-state index contributed by atoms with van der Waals surface area (Å²) >= 11 is 0. The van der Waals surface area contributed by atoms with E-state index in [9.17, 15) is 8.42 Å². The van der Waals surface area contributed by atoms with Crippen molar-refractivity contribution in [3.8, 4) is 0 Å². The molecule has 1 aromatic carbocycles. The maximum Gasteiger partial charge on any atom is 0.297 e. The molecule has 1 aromatic rings. The van der Waals surface area contributed by atoms with Crippen LogP contribution in [0.5, 0.6) is 0 Å². The molecule has 0 aromatic heterocycles. The first kappa shape index (κ1) is 28.7. The summed E-state index contributed by atoms with van der Waals surface area (Å²) in [6, 6.07) is 7.07.